The Morgan fingerprint density at radius 3 is 2.61 bits per heavy atom. The molecule has 1 aliphatic rings. The first-order valence-electron chi connectivity index (χ1n) is 7.94. The van der Waals surface area contributed by atoms with E-state index >= 15 is 0 Å². The molecule has 3 rings (SSSR count). The predicted octanol–water partition coefficient (Wildman–Crippen LogP) is 3.15. The zero-order valence-corrected chi connectivity index (χ0v) is 13.4. The van der Waals surface area contributed by atoms with Gasteiger partial charge in [-0.25, -0.2) is 0 Å². The van der Waals surface area contributed by atoms with Crippen molar-refractivity contribution in [1.29, 1.82) is 0 Å². The van der Waals surface area contributed by atoms with Gasteiger partial charge in [0.05, 0.1) is 20.3 Å². The van der Waals surface area contributed by atoms with Crippen LogP contribution in [0.3, 0.4) is 0 Å². The van der Waals surface area contributed by atoms with Gasteiger partial charge >= 0.3 is 0 Å². The minimum atomic E-state index is 0.542. The number of para-hydroxylation sites is 1. The summed E-state index contributed by atoms with van der Waals surface area (Å²) in [6.45, 7) is 3.03. The highest BCUT2D eigenvalue weighted by Crippen LogP contribution is 2.18. The maximum absolute atomic E-state index is 5.81. The Hall–Kier alpha value is -2.33. The molecule has 4 heteroatoms. The van der Waals surface area contributed by atoms with Gasteiger partial charge in [-0.3, -0.25) is 4.99 Å². The molecule has 2 aromatic rings. The Kier molecular flexibility index (Phi) is 5.27. The van der Waals surface area contributed by atoms with Gasteiger partial charge < -0.3 is 14.8 Å². The zero-order valence-electron chi connectivity index (χ0n) is 13.4. The van der Waals surface area contributed by atoms with Gasteiger partial charge in [0.25, 0.3) is 0 Å². The molecule has 2 aromatic carbocycles. The van der Waals surface area contributed by atoms with Crippen molar-refractivity contribution in [2.45, 2.75) is 19.6 Å². The highest BCUT2D eigenvalue weighted by molar-refractivity contribution is 5.99. The van der Waals surface area contributed by atoms with Crippen molar-refractivity contribution in [2.24, 2.45) is 4.99 Å². The lowest BCUT2D eigenvalue weighted by Crippen LogP contribution is -2.30. The van der Waals surface area contributed by atoms with Crippen LogP contribution in [-0.4, -0.2) is 26.0 Å². The van der Waals surface area contributed by atoms with E-state index in [0.29, 0.717) is 13.2 Å². The molecule has 0 radical (unpaired) electrons. The lowest BCUT2D eigenvalue weighted by atomic mass is 10.1. The topological polar surface area (TPSA) is 42.9 Å². The van der Waals surface area contributed by atoms with Crippen molar-refractivity contribution in [3.8, 4) is 5.75 Å². The molecule has 0 fully saturated rings. The van der Waals surface area contributed by atoms with E-state index in [0.717, 1.165) is 47.8 Å². The average molecular weight is 310 g/mol. The van der Waals surface area contributed by atoms with E-state index < -0.39 is 0 Å². The van der Waals surface area contributed by atoms with Crippen LogP contribution in [0.4, 0.5) is 0 Å². The Balaban J connectivity index is 1.55. The summed E-state index contributed by atoms with van der Waals surface area (Å²) in [6.07, 6.45) is 1.11. The number of nitrogens with zero attached hydrogens (tertiary/aromatic N) is 1. The van der Waals surface area contributed by atoms with Crippen molar-refractivity contribution < 1.29 is 9.47 Å². The van der Waals surface area contributed by atoms with Crippen LogP contribution in [0.15, 0.2) is 53.5 Å². The number of ether oxygens (including phenoxy) is 2. The van der Waals surface area contributed by atoms with Crippen LogP contribution in [0.2, 0.25) is 0 Å². The molecule has 0 saturated heterocycles. The van der Waals surface area contributed by atoms with E-state index in [4.69, 9.17) is 9.47 Å². The molecule has 0 atom stereocenters. The van der Waals surface area contributed by atoms with Crippen molar-refractivity contribution in [3.63, 3.8) is 0 Å². The summed E-state index contributed by atoms with van der Waals surface area (Å²) < 4.78 is 11.1. The van der Waals surface area contributed by atoms with Crippen LogP contribution in [0.1, 0.15) is 23.1 Å². The summed E-state index contributed by atoms with van der Waals surface area (Å²) in [6, 6.07) is 16.3. The van der Waals surface area contributed by atoms with E-state index in [1.165, 1.54) is 0 Å². The van der Waals surface area contributed by atoms with E-state index in [1.807, 2.05) is 24.3 Å². The second-order valence-corrected chi connectivity index (χ2v) is 5.51. The van der Waals surface area contributed by atoms with Crippen LogP contribution in [0.25, 0.3) is 0 Å². The SMILES string of the molecule is COc1ccccc1COCc1ccc(C2=NCCCN2)cc1. The van der Waals surface area contributed by atoms with Crippen LogP contribution in [0.5, 0.6) is 5.75 Å². The van der Waals surface area contributed by atoms with Gasteiger partial charge in [0.15, 0.2) is 0 Å². The molecule has 120 valence electrons. The molecule has 0 unspecified atom stereocenters. The number of hydrogen-bond acceptors (Lipinski definition) is 4. The molecule has 4 nitrogen and oxygen atoms in total. The van der Waals surface area contributed by atoms with Crippen LogP contribution in [-0.2, 0) is 18.0 Å². The molecular formula is C19H22N2O2. The Labute approximate surface area is 137 Å². The van der Waals surface area contributed by atoms with Crippen LogP contribution >= 0.6 is 0 Å². The Morgan fingerprint density at radius 2 is 1.87 bits per heavy atom. The first-order valence-corrected chi connectivity index (χ1v) is 7.94. The predicted molar refractivity (Wildman–Crippen MR) is 92.0 cm³/mol. The highest BCUT2D eigenvalue weighted by Gasteiger charge is 2.07. The third kappa shape index (κ3) is 4.11. The Morgan fingerprint density at radius 1 is 1.04 bits per heavy atom. The van der Waals surface area contributed by atoms with Crippen molar-refractivity contribution >= 4 is 5.84 Å². The molecule has 0 bridgehead atoms. The summed E-state index contributed by atoms with van der Waals surface area (Å²) in [7, 11) is 1.68. The fourth-order valence-electron chi connectivity index (χ4n) is 2.59. The third-order valence-electron chi connectivity index (χ3n) is 3.84. The van der Waals surface area contributed by atoms with Gasteiger partial charge in [-0.1, -0.05) is 42.5 Å². The average Bonchev–Trinajstić information content (AvgIpc) is 2.63. The lowest BCUT2D eigenvalue weighted by Gasteiger charge is -2.15. The van der Waals surface area contributed by atoms with Gasteiger partial charge in [-0.15, -0.1) is 0 Å². The molecule has 1 N–H and O–H groups in total. The summed E-state index contributed by atoms with van der Waals surface area (Å²) >= 11 is 0. The Bertz CT molecular complexity index is 665. The third-order valence-corrected chi connectivity index (χ3v) is 3.84. The minimum Gasteiger partial charge on any atom is -0.496 e. The standard InChI is InChI=1S/C19H22N2O2/c1-22-18-6-3-2-5-17(18)14-23-13-15-7-9-16(10-8-15)19-20-11-4-12-21-19/h2-3,5-10H,4,11-14H2,1H3,(H,20,21). The minimum absolute atomic E-state index is 0.542. The molecule has 0 saturated carbocycles. The molecule has 1 aliphatic heterocycles. The number of nitrogens with one attached hydrogen (secondary N) is 1. The molecule has 0 aliphatic carbocycles. The second kappa shape index (κ2) is 7.79. The number of aliphatic imine (C=N–C) groups is 1. The highest BCUT2D eigenvalue weighted by atomic mass is 16.5. The van der Waals surface area contributed by atoms with Crippen LogP contribution < -0.4 is 10.1 Å². The fraction of sp³-hybridized carbons (Fsp3) is 0.316. The second-order valence-electron chi connectivity index (χ2n) is 5.51. The van der Waals surface area contributed by atoms with Crippen LogP contribution in [0, 0.1) is 0 Å². The lowest BCUT2D eigenvalue weighted by molar-refractivity contribution is 0.105. The van der Waals surface area contributed by atoms with Gasteiger partial charge in [0, 0.05) is 24.2 Å². The summed E-state index contributed by atoms with van der Waals surface area (Å²) in [5.41, 5.74) is 3.35. The molecule has 1 heterocycles. The van der Waals surface area contributed by atoms with Gasteiger partial charge in [-0.05, 0) is 18.1 Å². The van der Waals surface area contributed by atoms with E-state index in [1.54, 1.807) is 7.11 Å². The number of amidine groups is 1. The number of methoxy groups -OCH3 is 1. The van der Waals surface area contributed by atoms with E-state index in [9.17, 15) is 0 Å². The number of rotatable bonds is 6. The van der Waals surface area contributed by atoms with E-state index in [-0.39, 0.29) is 0 Å². The first-order chi connectivity index (χ1) is 11.4. The molecule has 0 amide bonds. The normalized spacial score (nSPS) is 14.0. The van der Waals surface area contributed by atoms with Crippen molar-refractivity contribution in [2.75, 3.05) is 20.2 Å². The maximum Gasteiger partial charge on any atom is 0.128 e. The summed E-state index contributed by atoms with van der Waals surface area (Å²) in [4.78, 5) is 4.51. The molecule has 0 aromatic heterocycles. The summed E-state index contributed by atoms with van der Waals surface area (Å²) in [5, 5.41) is 3.34. The zero-order chi connectivity index (χ0) is 15.9. The van der Waals surface area contributed by atoms with Gasteiger partial charge in [-0.2, -0.15) is 0 Å². The molecular weight excluding hydrogens is 288 g/mol. The monoisotopic (exact) mass is 310 g/mol. The fourth-order valence-corrected chi connectivity index (χ4v) is 2.59. The smallest absolute Gasteiger partial charge is 0.128 e. The van der Waals surface area contributed by atoms with Gasteiger partial charge in [0.2, 0.25) is 0 Å². The number of benzene rings is 2. The first kappa shape index (κ1) is 15.6. The largest absolute Gasteiger partial charge is 0.496 e. The van der Waals surface area contributed by atoms with Crippen molar-refractivity contribution in [1.82, 2.24) is 5.32 Å². The maximum atomic E-state index is 5.81. The van der Waals surface area contributed by atoms with Gasteiger partial charge in [0.1, 0.15) is 11.6 Å². The molecule has 0 spiro atoms. The number of hydrogen-bond donors (Lipinski definition) is 1. The van der Waals surface area contributed by atoms with Crippen molar-refractivity contribution in [3.05, 3.63) is 65.2 Å². The van der Waals surface area contributed by atoms with E-state index in [2.05, 4.69) is 34.6 Å². The summed E-state index contributed by atoms with van der Waals surface area (Å²) in [5.74, 6) is 1.86. The quantitative estimate of drug-likeness (QED) is 0.891. The molecule has 23 heavy (non-hydrogen) atoms.